The van der Waals surface area contributed by atoms with Crippen molar-refractivity contribution in [3.8, 4) is 0 Å². The second-order valence-electron chi connectivity index (χ2n) is 6.06. The van der Waals surface area contributed by atoms with Crippen LogP contribution in [0.2, 0.25) is 0 Å². The number of pyridine rings is 1. The Labute approximate surface area is 151 Å². The van der Waals surface area contributed by atoms with Gasteiger partial charge in [-0.15, -0.1) is 0 Å². The molecule has 0 aliphatic carbocycles. The van der Waals surface area contributed by atoms with Gasteiger partial charge in [0.15, 0.2) is 0 Å². The Morgan fingerprint density at radius 2 is 1.96 bits per heavy atom. The molecular weight excluding hydrogens is 334 g/mol. The maximum atomic E-state index is 12.0. The Bertz CT molecular complexity index is 856. The first-order valence-corrected chi connectivity index (χ1v) is 9.40. The van der Waals surface area contributed by atoms with Crippen molar-refractivity contribution in [3.05, 3.63) is 69.6 Å². The van der Waals surface area contributed by atoms with Gasteiger partial charge in [-0.3, -0.25) is 9.59 Å². The molecule has 1 aromatic carbocycles. The van der Waals surface area contributed by atoms with E-state index in [-0.39, 0.29) is 17.5 Å². The van der Waals surface area contributed by atoms with Gasteiger partial charge in [-0.05, 0) is 37.1 Å². The largest absolute Gasteiger partial charge is 0.350 e. The van der Waals surface area contributed by atoms with Crippen molar-refractivity contribution in [3.63, 3.8) is 0 Å². The number of hydrogen-bond acceptors (Lipinski definition) is 4. The lowest BCUT2D eigenvalue weighted by molar-refractivity contribution is -0.119. The number of amides is 1. The van der Waals surface area contributed by atoms with Crippen molar-refractivity contribution < 1.29 is 4.79 Å². The first-order chi connectivity index (χ1) is 12.1. The van der Waals surface area contributed by atoms with E-state index in [1.54, 1.807) is 6.92 Å². The maximum Gasteiger partial charge on any atom is 0.251 e. The molecule has 1 amide bonds. The lowest BCUT2D eigenvalue weighted by Crippen LogP contribution is -2.23. The quantitative estimate of drug-likeness (QED) is 0.721. The van der Waals surface area contributed by atoms with E-state index in [0.717, 1.165) is 28.9 Å². The number of rotatable bonds is 5. The van der Waals surface area contributed by atoms with E-state index in [1.807, 2.05) is 48.7 Å². The van der Waals surface area contributed by atoms with Crippen molar-refractivity contribution in [1.82, 2.24) is 10.3 Å². The molecule has 25 heavy (non-hydrogen) atoms. The molecule has 1 aliphatic rings. The van der Waals surface area contributed by atoms with Gasteiger partial charge in [0.05, 0.1) is 0 Å². The Morgan fingerprint density at radius 3 is 2.56 bits per heavy atom. The molecule has 6 heteroatoms. The molecule has 2 heterocycles. The lowest BCUT2D eigenvalue weighted by Gasteiger charge is -2.13. The zero-order valence-corrected chi connectivity index (χ0v) is 15.1. The van der Waals surface area contributed by atoms with Crippen LogP contribution in [0.4, 0.5) is 5.69 Å². The number of aromatic nitrogens is 1. The molecule has 130 valence electrons. The molecule has 0 radical (unpaired) electrons. The minimum atomic E-state index is -0.0977. The molecule has 5 nitrogen and oxygen atoms in total. The topological polar surface area (TPSA) is 74.0 Å². The van der Waals surface area contributed by atoms with Gasteiger partial charge >= 0.3 is 0 Å². The predicted octanol–water partition coefficient (Wildman–Crippen LogP) is 3.08. The zero-order chi connectivity index (χ0) is 17.8. The molecule has 0 bridgehead atoms. The average molecular weight is 355 g/mol. The van der Waals surface area contributed by atoms with Crippen LogP contribution in [-0.4, -0.2) is 23.2 Å². The van der Waals surface area contributed by atoms with Crippen LogP contribution in [0.5, 0.6) is 0 Å². The van der Waals surface area contributed by atoms with Crippen LogP contribution in [0.15, 0.2) is 47.3 Å². The monoisotopic (exact) mass is 355 g/mol. The summed E-state index contributed by atoms with van der Waals surface area (Å²) in [5.74, 6) is 0.0671. The van der Waals surface area contributed by atoms with Crippen LogP contribution in [0.3, 0.4) is 0 Å². The van der Waals surface area contributed by atoms with Gasteiger partial charge in [0.2, 0.25) is 5.91 Å². The summed E-state index contributed by atoms with van der Waals surface area (Å²) >= 11 is 1.54. The maximum absolute atomic E-state index is 12.0. The van der Waals surface area contributed by atoms with Gasteiger partial charge in [-0.25, -0.2) is 0 Å². The van der Waals surface area contributed by atoms with Crippen molar-refractivity contribution in [2.45, 2.75) is 25.8 Å². The zero-order valence-electron chi connectivity index (χ0n) is 14.3. The fourth-order valence-corrected chi connectivity index (χ4v) is 3.22. The van der Waals surface area contributed by atoms with E-state index in [1.165, 1.54) is 11.9 Å². The van der Waals surface area contributed by atoms with Crippen LogP contribution in [0.25, 0.3) is 5.57 Å². The minimum Gasteiger partial charge on any atom is -0.350 e. The predicted molar refractivity (Wildman–Crippen MR) is 104 cm³/mol. The van der Waals surface area contributed by atoms with Gasteiger partial charge in [-0.2, -0.15) is 0 Å². The number of hydrogen-bond donors (Lipinski definition) is 3. The van der Waals surface area contributed by atoms with Crippen LogP contribution >= 0.6 is 11.9 Å². The fourth-order valence-electron chi connectivity index (χ4n) is 2.84. The smallest absolute Gasteiger partial charge is 0.251 e. The van der Waals surface area contributed by atoms with E-state index in [9.17, 15) is 9.59 Å². The standard InChI is InChI=1S/C19H21N3O2S/c1-12-3-9-17(21-19(12)24)16(11-15-8-10-18(23)20-15)13-4-6-14(7-5-13)22-25-2/h3-7,9,11,15,22H,8,10H2,1-2H3,(H,20,23)(H,21,24)/b16-11+/t15-/m1/s1. The number of nitrogens with one attached hydrogen (secondary N) is 3. The summed E-state index contributed by atoms with van der Waals surface area (Å²) in [7, 11) is 0. The molecule has 2 aromatic rings. The molecular formula is C19H21N3O2S. The highest BCUT2D eigenvalue weighted by molar-refractivity contribution is 7.99. The molecule has 0 spiro atoms. The van der Waals surface area contributed by atoms with E-state index < -0.39 is 0 Å². The van der Waals surface area contributed by atoms with Crippen LogP contribution < -0.4 is 15.6 Å². The highest BCUT2D eigenvalue weighted by Crippen LogP contribution is 2.25. The van der Waals surface area contributed by atoms with Crippen molar-refractivity contribution in [1.29, 1.82) is 0 Å². The average Bonchev–Trinajstić information content (AvgIpc) is 3.02. The lowest BCUT2D eigenvalue weighted by atomic mass is 9.98. The summed E-state index contributed by atoms with van der Waals surface area (Å²) in [6.07, 6.45) is 5.31. The number of benzene rings is 1. The van der Waals surface area contributed by atoms with Crippen LogP contribution in [0.1, 0.15) is 29.7 Å². The number of aryl methyl sites for hydroxylation is 1. The molecule has 0 saturated carbocycles. The van der Waals surface area contributed by atoms with Gasteiger partial charge in [0.25, 0.3) is 5.56 Å². The second-order valence-corrected chi connectivity index (χ2v) is 6.67. The second kappa shape index (κ2) is 7.61. The highest BCUT2D eigenvalue weighted by Gasteiger charge is 2.20. The fraction of sp³-hybridized carbons (Fsp3) is 0.263. The molecule has 1 aliphatic heterocycles. The summed E-state index contributed by atoms with van der Waals surface area (Å²) < 4.78 is 3.19. The van der Waals surface area contributed by atoms with E-state index in [0.29, 0.717) is 12.0 Å². The van der Waals surface area contributed by atoms with Crippen molar-refractivity contribution in [2.75, 3.05) is 11.0 Å². The summed E-state index contributed by atoms with van der Waals surface area (Å²) in [5.41, 5.74) is 4.26. The first-order valence-electron chi connectivity index (χ1n) is 8.18. The molecule has 1 fully saturated rings. The minimum absolute atomic E-state index is 0.0173. The summed E-state index contributed by atoms with van der Waals surface area (Å²) in [5, 5.41) is 2.96. The molecule has 1 saturated heterocycles. The SMILES string of the molecule is CSNc1ccc(/C(=C\[C@H]2CCC(=O)N2)c2ccc(C)c(=O)[nH]2)cc1. The Hall–Kier alpha value is -2.47. The van der Waals surface area contributed by atoms with E-state index in [2.05, 4.69) is 15.0 Å². The normalized spacial score (nSPS) is 17.4. The van der Waals surface area contributed by atoms with Gasteiger partial charge in [0.1, 0.15) is 0 Å². The van der Waals surface area contributed by atoms with Crippen LogP contribution in [-0.2, 0) is 4.79 Å². The summed E-state index contributed by atoms with van der Waals surface area (Å²) in [6, 6.07) is 11.7. The van der Waals surface area contributed by atoms with Crippen LogP contribution in [0, 0.1) is 6.92 Å². The first kappa shape index (κ1) is 17.4. The Morgan fingerprint density at radius 1 is 1.20 bits per heavy atom. The molecule has 1 aromatic heterocycles. The Kier molecular flexibility index (Phi) is 5.28. The molecule has 3 N–H and O–H groups in total. The third-order valence-electron chi connectivity index (χ3n) is 4.21. The molecule has 3 rings (SSSR count). The van der Waals surface area contributed by atoms with Gasteiger partial charge in [-0.1, -0.05) is 36.2 Å². The number of anilines is 1. The third-order valence-corrected chi connectivity index (χ3v) is 4.65. The number of aromatic amines is 1. The van der Waals surface area contributed by atoms with Crippen molar-refractivity contribution in [2.24, 2.45) is 0 Å². The highest BCUT2D eigenvalue weighted by atomic mass is 32.2. The molecule has 0 unspecified atom stereocenters. The number of H-pyrrole nitrogens is 1. The van der Waals surface area contributed by atoms with Gasteiger partial charge < -0.3 is 15.0 Å². The van der Waals surface area contributed by atoms with E-state index in [4.69, 9.17) is 0 Å². The number of carbonyl (C=O) groups excluding carboxylic acids is 1. The van der Waals surface area contributed by atoms with E-state index >= 15 is 0 Å². The number of carbonyl (C=O) groups is 1. The molecule has 1 atom stereocenters. The third kappa shape index (κ3) is 4.14. The van der Waals surface area contributed by atoms with Crippen molar-refractivity contribution >= 4 is 29.1 Å². The Balaban J connectivity index is 2.01. The summed E-state index contributed by atoms with van der Waals surface area (Å²) in [6.45, 7) is 1.78. The summed E-state index contributed by atoms with van der Waals surface area (Å²) in [4.78, 5) is 26.5. The van der Waals surface area contributed by atoms with Gasteiger partial charge in [0, 0.05) is 41.2 Å².